The van der Waals surface area contributed by atoms with Crippen LogP contribution in [0.4, 0.5) is 0 Å². The highest BCUT2D eigenvalue weighted by molar-refractivity contribution is 5.79. The van der Waals surface area contributed by atoms with E-state index >= 15 is 0 Å². The van der Waals surface area contributed by atoms with E-state index in [2.05, 4.69) is 30.7 Å². The summed E-state index contributed by atoms with van der Waals surface area (Å²) in [4.78, 5) is 11.1. The summed E-state index contributed by atoms with van der Waals surface area (Å²) in [5.41, 5.74) is 0.315. The zero-order chi connectivity index (χ0) is 18.2. The van der Waals surface area contributed by atoms with Crippen LogP contribution in [0.15, 0.2) is 9.52 Å². The largest absolute Gasteiger partial charge is 0.379 e. The maximum absolute atomic E-state index is 5.51. The fraction of sp³-hybridized carbons (Fsp3) is 0.833. The Labute approximate surface area is 155 Å². The van der Waals surface area contributed by atoms with Gasteiger partial charge in [-0.15, -0.1) is 0 Å². The first-order valence-corrected chi connectivity index (χ1v) is 9.73. The predicted molar refractivity (Wildman–Crippen MR) is 100 cm³/mol. The van der Waals surface area contributed by atoms with Gasteiger partial charge >= 0.3 is 0 Å². The average molecular weight is 364 g/mol. The van der Waals surface area contributed by atoms with Gasteiger partial charge in [0.1, 0.15) is 0 Å². The summed E-state index contributed by atoms with van der Waals surface area (Å²) < 4.78 is 10.5. The van der Waals surface area contributed by atoms with Gasteiger partial charge in [0.05, 0.1) is 19.8 Å². The summed E-state index contributed by atoms with van der Waals surface area (Å²) in [6, 6.07) is 0. The number of aliphatic imine (C=N–C) groups is 1. The van der Waals surface area contributed by atoms with Crippen LogP contribution in [0.25, 0.3) is 0 Å². The Morgan fingerprint density at radius 1 is 1.19 bits per heavy atom. The molecule has 0 amide bonds. The third kappa shape index (κ3) is 5.41. The molecule has 2 heterocycles. The van der Waals surface area contributed by atoms with E-state index in [9.17, 15) is 0 Å². The normalized spacial score (nSPS) is 21.5. The molecule has 8 heteroatoms. The van der Waals surface area contributed by atoms with Crippen LogP contribution in [-0.4, -0.2) is 67.4 Å². The number of morpholine rings is 1. The zero-order valence-electron chi connectivity index (χ0n) is 16.1. The quantitative estimate of drug-likeness (QED) is 0.581. The number of guanidine groups is 1. The van der Waals surface area contributed by atoms with Crippen molar-refractivity contribution in [2.45, 2.75) is 45.6 Å². The lowest BCUT2D eigenvalue weighted by molar-refractivity contribution is 0.00820. The molecule has 26 heavy (non-hydrogen) atoms. The minimum Gasteiger partial charge on any atom is -0.379 e. The van der Waals surface area contributed by atoms with Crippen LogP contribution >= 0.6 is 0 Å². The van der Waals surface area contributed by atoms with E-state index in [4.69, 9.17) is 9.26 Å². The van der Waals surface area contributed by atoms with Gasteiger partial charge in [0.25, 0.3) is 0 Å². The maximum Gasteiger partial charge on any atom is 0.223 e. The molecule has 2 N–H and O–H groups in total. The second-order valence-electron chi connectivity index (χ2n) is 7.46. The van der Waals surface area contributed by atoms with Gasteiger partial charge < -0.3 is 19.9 Å². The molecule has 1 aromatic rings. The van der Waals surface area contributed by atoms with Crippen molar-refractivity contribution >= 4 is 5.96 Å². The molecule has 1 aliphatic heterocycles. The second-order valence-corrected chi connectivity index (χ2v) is 7.46. The van der Waals surface area contributed by atoms with Crippen LogP contribution in [0.3, 0.4) is 0 Å². The fourth-order valence-electron chi connectivity index (χ4n) is 3.99. The molecule has 8 nitrogen and oxygen atoms in total. The van der Waals surface area contributed by atoms with E-state index in [1.54, 1.807) is 14.0 Å². The lowest BCUT2D eigenvalue weighted by atomic mass is 9.73. The van der Waals surface area contributed by atoms with Crippen molar-refractivity contribution in [1.29, 1.82) is 0 Å². The minimum absolute atomic E-state index is 0.315. The molecule has 2 fully saturated rings. The first kappa shape index (κ1) is 19.1. The van der Waals surface area contributed by atoms with Crippen molar-refractivity contribution in [1.82, 2.24) is 25.7 Å². The predicted octanol–water partition coefficient (Wildman–Crippen LogP) is 1.33. The minimum atomic E-state index is 0.315. The van der Waals surface area contributed by atoms with Gasteiger partial charge in [0, 0.05) is 45.6 Å². The van der Waals surface area contributed by atoms with Gasteiger partial charge in [0.2, 0.25) is 5.89 Å². The highest BCUT2D eigenvalue weighted by atomic mass is 16.5. The van der Waals surface area contributed by atoms with Gasteiger partial charge in [-0.3, -0.25) is 9.89 Å². The monoisotopic (exact) mass is 364 g/mol. The Bertz CT molecular complexity index is 576. The molecular weight excluding hydrogens is 332 g/mol. The van der Waals surface area contributed by atoms with Crippen molar-refractivity contribution in [3.63, 3.8) is 0 Å². The van der Waals surface area contributed by atoms with E-state index < -0.39 is 0 Å². The molecule has 3 rings (SSSR count). The van der Waals surface area contributed by atoms with E-state index in [0.29, 0.717) is 23.7 Å². The molecule has 1 saturated carbocycles. The van der Waals surface area contributed by atoms with E-state index in [-0.39, 0.29) is 0 Å². The molecule has 0 bridgehead atoms. The molecular formula is C18H32N6O2. The third-order valence-corrected chi connectivity index (χ3v) is 5.41. The molecule has 2 aliphatic rings. The van der Waals surface area contributed by atoms with Crippen LogP contribution in [0, 0.1) is 12.3 Å². The first-order valence-electron chi connectivity index (χ1n) is 9.73. The molecule has 0 atom stereocenters. The molecule has 0 spiro atoms. The summed E-state index contributed by atoms with van der Waals surface area (Å²) in [5.74, 6) is 2.02. The summed E-state index contributed by atoms with van der Waals surface area (Å²) >= 11 is 0. The highest BCUT2D eigenvalue weighted by Gasteiger charge is 2.34. The van der Waals surface area contributed by atoms with Gasteiger partial charge in [-0.1, -0.05) is 24.4 Å². The Hall–Kier alpha value is -1.67. The number of rotatable bonds is 6. The lowest BCUT2D eigenvalue weighted by Gasteiger charge is -2.42. The lowest BCUT2D eigenvalue weighted by Crippen LogP contribution is -2.51. The summed E-state index contributed by atoms with van der Waals surface area (Å²) in [5, 5.41) is 10.7. The van der Waals surface area contributed by atoms with Crippen molar-refractivity contribution < 1.29 is 9.26 Å². The Balaban J connectivity index is 1.53. The molecule has 0 aromatic carbocycles. The van der Waals surface area contributed by atoms with Crippen molar-refractivity contribution in [3.05, 3.63) is 11.7 Å². The SMILES string of the molecule is CN=C(NCc1noc(C)n1)NCC1(CN2CCOCC2)CCCCC1. The van der Waals surface area contributed by atoms with Crippen LogP contribution in [0.1, 0.15) is 43.8 Å². The van der Waals surface area contributed by atoms with Gasteiger partial charge in [-0.05, 0) is 12.8 Å². The summed E-state index contributed by atoms with van der Waals surface area (Å²) in [6.07, 6.45) is 6.55. The maximum atomic E-state index is 5.51. The standard InChI is InChI=1S/C18H32N6O2/c1-15-22-16(23-26-15)12-20-17(19-2)21-13-18(6-4-3-5-7-18)14-24-8-10-25-11-9-24/h3-14H2,1-2H3,(H2,19,20,21). The van der Waals surface area contributed by atoms with Gasteiger partial charge in [-0.2, -0.15) is 4.98 Å². The van der Waals surface area contributed by atoms with E-state index in [1.165, 1.54) is 32.1 Å². The number of aromatic nitrogens is 2. The highest BCUT2D eigenvalue weighted by Crippen LogP contribution is 2.36. The summed E-state index contributed by atoms with van der Waals surface area (Å²) in [7, 11) is 1.80. The van der Waals surface area contributed by atoms with Crippen LogP contribution < -0.4 is 10.6 Å². The average Bonchev–Trinajstić information content (AvgIpc) is 3.09. The van der Waals surface area contributed by atoms with E-state index in [1.807, 2.05) is 0 Å². The number of hydrogen-bond donors (Lipinski definition) is 2. The molecule has 0 unspecified atom stereocenters. The van der Waals surface area contributed by atoms with Crippen molar-refractivity contribution in [3.8, 4) is 0 Å². The molecule has 146 valence electrons. The second kappa shape index (κ2) is 9.32. The Kier molecular flexibility index (Phi) is 6.85. The number of nitrogens with zero attached hydrogens (tertiary/aromatic N) is 4. The van der Waals surface area contributed by atoms with Crippen molar-refractivity contribution in [2.75, 3.05) is 46.4 Å². The number of nitrogens with one attached hydrogen (secondary N) is 2. The first-order chi connectivity index (χ1) is 12.7. The molecule has 1 aliphatic carbocycles. The number of hydrogen-bond acceptors (Lipinski definition) is 6. The number of aryl methyl sites for hydroxylation is 1. The van der Waals surface area contributed by atoms with E-state index in [0.717, 1.165) is 45.4 Å². The topological polar surface area (TPSA) is 87.8 Å². The zero-order valence-corrected chi connectivity index (χ0v) is 16.1. The Morgan fingerprint density at radius 2 is 1.96 bits per heavy atom. The fourth-order valence-corrected chi connectivity index (χ4v) is 3.99. The van der Waals surface area contributed by atoms with Gasteiger partial charge in [-0.25, -0.2) is 0 Å². The molecule has 1 aromatic heterocycles. The number of ether oxygens (including phenoxy) is 1. The summed E-state index contributed by atoms with van der Waals surface area (Å²) in [6.45, 7) is 8.20. The van der Waals surface area contributed by atoms with Crippen LogP contribution in [0.5, 0.6) is 0 Å². The van der Waals surface area contributed by atoms with Crippen LogP contribution in [0.2, 0.25) is 0 Å². The van der Waals surface area contributed by atoms with Gasteiger partial charge in [0.15, 0.2) is 11.8 Å². The third-order valence-electron chi connectivity index (χ3n) is 5.41. The Morgan fingerprint density at radius 3 is 2.62 bits per heavy atom. The molecule has 1 saturated heterocycles. The van der Waals surface area contributed by atoms with Crippen LogP contribution in [-0.2, 0) is 11.3 Å². The smallest absolute Gasteiger partial charge is 0.223 e. The van der Waals surface area contributed by atoms with Crippen molar-refractivity contribution in [2.24, 2.45) is 10.4 Å². The molecule has 0 radical (unpaired) electrons.